The van der Waals surface area contributed by atoms with E-state index < -0.39 is 5.60 Å². The number of hydrogen-bond donors (Lipinski definition) is 0. The van der Waals surface area contributed by atoms with Crippen LogP contribution in [-0.2, 0) is 4.74 Å². The molecule has 1 heterocycles. The number of halogens is 1. The van der Waals surface area contributed by atoms with Crippen molar-refractivity contribution in [3.8, 4) is 0 Å². The van der Waals surface area contributed by atoms with Gasteiger partial charge in [-0.25, -0.2) is 4.79 Å². The van der Waals surface area contributed by atoms with Gasteiger partial charge in [0.2, 0.25) is 0 Å². The average molecular weight is 380 g/mol. The fraction of sp³-hybridized carbons (Fsp3) is 0.786. The van der Waals surface area contributed by atoms with Gasteiger partial charge in [-0.15, -0.1) is 0 Å². The minimum atomic E-state index is -0.416. The van der Waals surface area contributed by atoms with Crippen molar-refractivity contribution < 1.29 is 9.53 Å². The molecule has 4 nitrogen and oxygen atoms in total. The summed E-state index contributed by atoms with van der Waals surface area (Å²) in [7, 11) is 2.02. The molecule has 1 rings (SSSR count). The molecule has 0 spiro atoms. The molecule has 1 amide bonds. The van der Waals surface area contributed by atoms with Crippen LogP contribution in [0.2, 0.25) is 0 Å². The fourth-order valence-electron chi connectivity index (χ4n) is 2.27. The molecule has 0 aromatic carbocycles. The molecule has 0 aromatic rings. The maximum Gasteiger partial charge on any atom is 0.410 e. The predicted molar refractivity (Wildman–Crippen MR) is 86.1 cm³/mol. The lowest BCUT2D eigenvalue weighted by Gasteiger charge is -2.24. The minimum Gasteiger partial charge on any atom is -0.444 e. The number of rotatable bonds is 3. The molecule has 0 aliphatic carbocycles. The van der Waals surface area contributed by atoms with Crippen LogP contribution in [0.5, 0.6) is 0 Å². The first-order chi connectivity index (χ1) is 8.73. The van der Waals surface area contributed by atoms with Crippen molar-refractivity contribution in [3.63, 3.8) is 0 Å². The Morgan fingerprint density at radius 1 is 1.53 bits per heavy atom. The van der Waals surface area contributed by atoms with Crippen molar-refractivity contribution >= 4 is 29.0 Å². The van der Waals surface area contributed by atoms with Gasteiger partial charge in [0.1, 0.15) is 5.60 Å². The summed E-state index contributed by atoms with van der Waals surface area (Å²) in [4.78, 5) is 13.8. The molecule has 19 heavy (non-hydrogen) atoms. The largest absolute Gasteiger partial charge is 0.444 e. The number of ether oxygens (including phenoxy) is 1. The van der Waals surface area contributed by atoms with Crippen LogP contribution in [0.1, 0.15) is 40.5 Å². The number of likely N-dealkylation sites (tertiary alicyclic amines) is 1. The zero-order chi connectivity index (χ0) is 14.6. The Hall–Kier alpha value is -0.460. The summed E-state index contributed by atoms with van der Waals surface area (Å²) in [5.74, 6) is 0.467. The van der Waals surface area contributed by atoms with Crippen molar-refractivity contribution in [3.05, 3.63) is 11.8 Å². The molecule has 5 heteroatoms. The van der Waals surface area contributed by atoms with Crippen molar-refractivity contribution in [1.82, 2.24) is 8.01 Å². The van der Waals surface area contributed by atoms with Gasteiger partial charge in [0.05, 0.1) is 22.9 Å². The molecule has 0 radical (unpaired) electrons. The summed E-state index contributed by atoms with van der Waals surface area (Å²) in [6, 6.07) is 0. The molecule has 0 saturated carbocycles. The summed E-state index contributed by atoms with van der Waals surface area (Å²) in [5.41, 5.74) is 0.990. The molecule has 1 saturated heterocycles. The Balaban J connectivity index is 2.60. The standard InChI is InChI=1S/C14H25IN2O2/c1-6-11(9-16(5)15)12-7-8-17(10-12)13(18)19-14(2,3)4/h9,12H,6-8,10H2,1-5H3/b11-9+. The number of amides is 1. The number of hydrogen-bond acceptors (Lipinski definition) is 3. The highest BCUT2D eigenvalue weighted by molar-refractivity contribution is 14.1. The topological polar surface area (TPSA) is 32.8 Å². The molecule has 1 fully saturated rings. The van der Waals surface area contributed by atoms with Gasteiger partial charge >= 0.3 is 6.09 Å². The second kappa shape index (κ2) is 6.81. The summed E-state index contributed by atoms with van der Waals surface area (Å²) in [5, 5.41) is 0. The third kappa shape index (κ3) is 5.58. The Morgan fingerprint density at radius 2 is 2.16 bits per heavy atom. The normalized spacial score (nSPS) is 20.6. The second-order valence-electron chi connectivity index (χ2n) is 5.99. The van der Waals surface area contributed by atoms with Gasteiger partial charge in [0.15, 0.2) is 0 Å². The van der Waals surface area contributed by atoms with E-state index >= 15 is 0 Å². The summed E-state index contributed by atoms with van der Waals surface area (Å²) >= 11 is 2.26. The van der Waals surface area contributed by atoms with Crippen molar-refractivity contribution in [1.29, 1.82) is 0 Å². The predicted octanol–water partition coefficient (Wildman–Crippen LogP) is 3.82. The fourth-order valence-corrected chi connectivity index (χ4v) is 2.63. The average Bonchev–Trinajstić information content (AvgIpc) is 2.72. The lowest BCUT2D eigenvalue weighted by atomic mass is 9.97. The summed E-state index contributed by atoms with van der Waals surface area (Å²) in [6.07, 6.45) is 4.04. The summed E-state index contributed by atoms with van der Waals surface area (Å²) < 4.78 is 7.47. The second-order valence-corrected chi connectivity index (χ2v) is 7.52. The van der Waals surface area contributed by atoms with E-state index in [9.17, 15) is 4.79 Å². The van der Waals surface area contributed by atoms with E-state index in [-0.39, 0.29) is 6.09 Å². The van der Waals surface area contributed by atoms with Gasteiger partial charge < -0.3 is 12.8 Å². The zero-order valence-corrected chi connectivity index (χ0v) is 14.7. The minimum absolute atomic E-state index is 0.187. The first kappa shape index (κ1) is 16.6. The van der Waals surface area contributed by atoms with Crippen LogP contribution in [0.4, 0.5) is 4.79 Å². The van der Waals surface area contributed by atoms with E-state index in [1.54, 1.807) is 0 Å². The van der Waals surface area contributed by atoms with Gasteiger partial charge in [0, 0.05) is 32.3 Å². The lowest BCUT2D eigenvalue weighted by molar-refractivity contribution is 0.0290. The number of carbonyl (C=O) groups excluding carboxylic acids is 1. The molecule has 0 aromatic heterocycles. The maximum absolute atomic E-state index is 12.0. The van der Waals surface area contributed by atoms with E-state index in [4.69, 9.17) is 4.74 Å². The van der Waals surface area contributed by atoms with E-state index in [1.165, 1.54) is 5.57 Å². The molecule has 0 bridgehead atoms. The van der Waals surface area contributed by atoms with Gasteiger partial charge in [0.25, 0.3) is 0 Å². The van der Waals surface area contributed by atoms with Crippen LogP contribution in [0.15, 0.2) is 11.8 Å². The molecular weight excluding hydrogens is 355 g/mol. The molecule has 1 aliphatic rings. The number of nitrogens with zero attached hydrogens (tertiary/aromatic N) is 2. The Kier molecular flexibility index (Phi) is 5.95. The van der Waals surface area contributed by atoms with Gasteiger partial charge in [-0.2, -0.15) is 0 Å². The van der Waals surface area contributed by atoms with Gasteiger partial charge in [-0.3, -0.25) is 0 Å². The highest BCUT2D eigenvalue weighted by Gasteiger charge is 2.31. The number of carbonyl (C=O) groups is 1. The lowest BCUT2D eigenvalue weighted by Crippen LogP contribution is -2.35. The molecule has 110 valence electrons. The smallest absolute Gasteiger partial charge is 0.410 e. The molecular formula is C14H25IN2O2. The van der Waals surface area contributed by atoms with Crippen LogP contribution in [0.25, 0.3) is 0 Å². The van der Waals surface area contributed by atoms with Crippen LogP contribution < -0.4 is 0 Å². The van der Waals surface area contributed by atoms with Crippen LogP contribution in [0, 0.1) is 5.92 Å². The van der Waals surface area contributed by atoms with E-state index in [0.717, 1.165) is 25.9 Å². The molecule has 0 N–H and O–H groups in total. The SMILES string of the molecule is CC/C(=C\N(C)I)C1CCN(C(=O)OC(C)(C)C)C1. The van der Waals surface area contributed by atoms with Gasteiger partial charge in [-0.1, -0.05) is 6.92 Å². The van der Waals surface area contributed by atoms with Crippen molar-refractivity contribution in [2.75, 3.05) is 20.1 Å². The van der Waals surface area contributed by atoms with E-state index in [2.05, 4.69) is 36.0 Å². The van der Waals surface area contributed by atoms with E-state index in [0.29, 0.717) is 5.92 Å². The molecule has 1 atom stereocenters. The van der Waals surface area contributed by atoms with Crippen molar-refractivity contribution in [2.24, 2.45) is 5.92 Å². The van der Waals surface area contributed by atoms with Gasteiger partial charge in [-0.05, 0) is 39.2 Å². The first-order valence-electron chi connectivity index (χ1n) is 6.80. The van der Waals surface area contributed by atoms with Crippen LogP contribution in [0.3, 0.4) is 0 Å². The summed E-state index contributed by atoms with van der Waals surface area (Å²) in [6.45, 7) is 9.45. The molecule has 1 aliphatic heterocycles. The van der Waals surface area contributed by atoms with Crippen LogP contribution in [-0.4, -0.2) is 39.8 Å². The van der Waals surface area contributed by atoms with Crippen molar-refractivity contribution in [2.45, 2.75) is 46.1 Å². The maximum atomic E-state index is 12.0. The molecule has 1 unspecified atom stereocenters. The quantitative estimate of drug-likeness (QED) is 0.551. The Labute approximate surface area is 130 Å². The third-order valence-electron chi connectivity index (χ3n) is 3.12. The highest BCUT2D eigenvalue weighted by atomic mass is 127. The zero-order valence-electron chi connectivity index (χ0n) is 12.6. The monoisotopic (exact) mass is 380 g/mol. The van der Waals surface area contributed by atoms with Crippen LogP contribution >= 0.6 is 22.9 Å². The Bertz CT molecular complexity index is 348. The third-order valence-corrected chi connectivity index (χ3v) is 3.39. The highest BCUT2D eigenvalue weighted by Crippen LogP contribution is 2.27. The first-order valence-corrected chi connectivity index (χ1v) is 7.76. The van der Waals surface area contributed by atoms with E-state index in [1.807, 2.05) is 35.8 Å². The Morgan fingerprint density at radius 3 is 2.63 bits per heavy atom.